The normalized spacial score (nSPS) is 10.8. The van der Waals surface area contributed by atoms with Crippen LogP contribution in [0.4, 0.5) is 5.69 Å². The minimum atomic E-state index is -0.254. The Bertz CT molecular complexity index is 799. The summed E-state index contributed by atoms with van der Waals surface area (Å²) in [5.41, 5.74) is 3.85. The molecule has 3 aromatic rings. The van der Waals surface area contributed by atoms with Crippen LogP contribution in [0.3, 0.4) is 0 Å². The van der Waals surface area contributed by atoms with Crippen LogP contribution in [0.2, 0.25) is 0 Å². The molecule has 108 valence electrons. The van der Waals surface area contributed by atoms with Gasteiger partial charge in [0.25, 0.3) is 5.91 Å². The number of carbonyl (C=O) groups excluding carboxylic acids is 1. The molecule has 3 rings (SSSR count). The van der Waals surface area contributed by atoms with Crippen molar-refractivity contribution in [2.75, 3.05) is 5.32 Å². The highest BCUT2D eigenvalue weighted by Crippen LogP contribution is 2.26. The van der Waals surface area contributed by atoms with Gasteiger partial charge in [0.05, 0.1) is 11.9 Å². The van der Waals surface area contributed by atoms with Gasteiger partial charge < -0.3 is 5.32 Å². The van der Waals surface area contributed by atoms with E-state index >= 15 is 0 Å². The van der Waals surface area contributed by atoms with Crippen molar-refractivity contribution in [2.45, 2.75) is 13.8 Å². The standard InChI is InChI=1S/C13H14N6OS/c1-7-8(2)17-18-11(7)13-16-10(6-21-13)12(20)15-9-4-14-19(3)5-9/h4-6H,1-3H3,(H,15,20)(H,17,18). The maximum absolute atomic E-state index is 12.1. The summed E-state index contributed by atoms with van der Waals surface area (Å²) in [7, 11) is 1.79. The Hall–Kier alpha value is -2.48. The number of carbonyl (C=O) groups is 1. The van der Waals surface area contributed by atoms with Crippen LogP contribution in [0.5, 0.6) is 0 Å². The quantitative estimate of drug-likeness (QED) is 0.775. The van der Waals surface area contributed by atoms with Crippen LogP contribution in [0.25, 0.3) is 10.7 Å². The topological polar surface area (TPSA) is 88.5 Å². The molecule has 0 unspecified atom stereocenters. The van der Waals surface area contributed by atoms with E-state index in [1.54, 1.807) is 29.5 Å². The molecule has 0 fully saturated rings. The summed E-state index contributed by atoms with van der Waals surface area (Å²) < 4.78 is 1.62. The van der Waals surface area contributed by atoms with E-state index in [4.69, 9.17) is 0 Å². The number of aryl methyl sites for hydroxylation is 2. The zero-order valence-electron chi connectivity index (χ0n) is 11.8. The first kappa shape index (κ1) is 13.5. The predicted octanol–water partition coefficient (Wildman–Crippen LogP) is 2.14. The molecule has 3 aromatic heterocycles. The third-order valence-corrected chi connectivity index (χ3v) is 4.00. The van der Waals surface area contributed by atoms with Gasteiger partial charge in [-0.3, -0.25) is 14.6 Å². The first-order valence-corrected chi connectivity index (χ1v) is 7.20. The van der Waals surface area contributed by atoms with Crippen molar-refractivity contribution in [2.24, 2.45) is 7.05 Å². The van der Waals surface area contributed by atoms with E-state index in [0.29, 0.717) is 11.4 Å². The molecule has 0 saturated carbocycles. The lowest BCUT2D eigenvalue weighted by Crippen LogP contribution is -2.11. The van der Waals surface area contributed by atoms with Gasteiger partial charge in [-0.1, -0.05) is 0 Å². The fourth-order valence-electron chi connectivity index (χ4n) is 1.86. The van der Waals surface area contributed by atoms with Crippen LogP contribution >= 0.6 is 11.3 Å². The lowest BCUT2D eigenvalue weighted by Gasteiger charge is -1.98. The number of H-pyrrole nitrogens is 1. The number of amides is 1. The molecule has 8 heteroatoms. The van der Waals surface area contributed by atoms with E-state index in [1.807, 2.05) is 13.8 Å². The fraction of sp³-hybridized carbons (Fsp3) is 0.231. The van der Waals surface area contributed by atoms with E-state index in [0.717, 1.165) is 22.0 Å². The van der Waals surface area contributed by atoms with Gasteiger partial charge >= 0.3 is 0 Å². The van der Waals surface area contributed by atoms with Gasteiger partial charge in [0, 0.05) is 29.9 Å². The number of hydrogen-bond acceptors (Lipinski definition) is 5. The Morgan fingerprint density at radius 3 is 2.86 bits per heavy atom. The van der Waals surface area contributed by atoms with E-state index in [2.05, 4.69) is 25.6 Å². The molecule has 7 nitrogen and oxygen atoms in total. The second-order valence-corrected chi connectivity index (χ2v) is 5.58. The third kappa shape index (κ3) is 2.57. The number of hydrogen-bond donors (Lipinski definition) is 2. The zero-order valence-corrected chi connectivity index (χ0v) is 12.7. The molecule has 0 aliphatic carbocycles. The van der Waals surface area contributed by atoms with Gasteiger partial charge in [-0.2, -0.15) is 10.2 Å². The summed E-state index contributed by atoms with van der Waals surface area (Å²) in [6.07, 6.45) is 3.32. The first-order valence-electron chi connectivity index (χ1n) is 6.32. The largest absolute Gasteiger partial charge is 0.318 e. The lowest BCUT2D eigenvalue weighted by atomic mass is 10.2. The molecule has 0 aromatic carbocycles. The monoisotopic (exact) mass is 302 g/mol. The van der Waals surface area contributed by atoms with Crippen LogP contribution in [0, 0.1) is 13.8 Å². The summed E-state index contributed by atoms with van der Waals surface area (Å²) in [5.74, 6) is -0.254. The Kier molecular flexibility index (Phi) is 3.30. The number of nitrogens with one attached hydrogen (secondary N) is 2. The van der Waals surface area contributed by atoms with Gasteiger partial charge in [0.15, 0.2) is 0 Å². The van der Waals surface area contributed by atoms with Crippen LogP contribution in [0.15, 0.2) is 17.8 Å². The van der Waals surface area contributed by atoms with Crippen molar-refractivity contribution in [3.8, 4) is 10.7 Å². The number of anilines is 1. The van der Waals surface area contributed by atoms with Crippen molar-refractivity contribution in [3.05, 3.63) is 34.7 Å². The minimum absolute atomic E-state index is 0.254. The number of aromatic amines is 1. The number of rotatable bonds is 3. The van der Waals surface area contributed by atoms with E-state index < -0.39 is 0 Å². The molecule has 1 amide bonds. The molecule has 0 saturated heterocycles. The molecular weight excluding hydrogens is 288 g/mol. The summed E-state index contributed by atoms with van der Waals surface area (Å²) in [6, 6.07) is 0. The summed E-state index contributed by atoms with van der Waals surface area (Å²) >= 11 is 1.40. The highest BCUT2D eigenvalue weighted by atomic mass is 32.1. The third-order valence-electron chi connectivity index (χ3n) is 3.16. The van der Waals surface area contributed by atoms with Gasteiger partial charge in [-0.25, -0.2) is 4.98 Å². The van der Waals surface area contributed by atoms with Gasteiger partial charge in [0.1, 0.15) is 16.4 Å². The van der Waals surface area contributed by atoms with Crippen LogP contribution in [0.1, 0.15) is 21.7 Å². The maximum atomic E-state index is 12.1. The average molecular weight is 302 g/mol. The maximum Gasteiger partial charge on any atom is 0.275 e. The second kappa shape index (κ2) is 5.13. The van der Waals surface area contributed by atoms with Gasteiger partial charge in [0.2, 0.25) is 0 Å². The van der Waals surface area contributed by atoms with Crippen LogP contribution in [-0.4, -0.2) is 30.9 Å². The SMILES string of the molecule is Cc1[nH]nc(-c2nc(C(=O)Nc3cnn(C)c3)cs2)c1C. The Labute approximate surface area is 125 Å². The molecule has 0 spiro atoms. The number of nitrogens with zero attached hydrogens (tertiary/aromatic N) is 4. The van der Waals surface area contributed by atoms with Gasteiger partial charge in [-0.15, -0.1) is 11.3 Å². The van der Waals surface area contributed by atoms with Crippen molar-refractivity contribution in [1.29, 1.82) is 0 Å². The summed E-state index contributed by atoms with van der Waals surface area (Å²) in [4.78, 5) is 16.5. The van der Waals surface area contributed by atoms with Crippen molar-refractivity contribution < 1.29 is 4.79 Å². The summed E-state index contributed by atoms with van der Waals surface area (Å²) in [6.45, 7) is 3.93. The zero-order chi connectivity index (χ0) is 15.0. The molecule has 0 aliphatic rings. The van der Waals surface area contributed by atoms with E-state index in [-0.39, 0.29) is 5.91 Å². The van der Waals surface area contributed by atoms with Crippen LogP contribution in [-0.2, 0) is 7.05 Å². The molecular formula is C13H14N6OS. The first-order chi connectivity index (χ1) is 10.0. The Morgan fingerprint density at radius 1 is 1.43 bits per heavy atom. The Balaban J connectivity index is 1.81. The Morgan fingerprint density at radius 2 is 2.24 bits per heavy atom. The highest BCUT2D eigenvalue weighted by molar-refractivity contribution is 7.13. The molecule has 0 atom stereocenters. The molecule has 3 heterocycles. The molecule has 21 heavy (non-hydrogen) atoms. The minimum Gasteiger partial charge on any atom is -0.318 e. The van der Waals surface area contributed by atoms with Crippen molar-refractivity contribution >= 4 is 22.9 Å². The van der Waals surface area contributed by atoms with Crippen molar-refractivity contribution in [3.63, 3.8) is 0 Å². The lowest BCUT2D eigenvalue weighted by molar-refractivity contribution is 0.102. The fourth-order valence-corrected chi connectivity index (χ4v) is 2.71. The van der Waals surface area contributed by atoms with E-state index in [9.17, 15) is 4.79 Å². The smallest absolute Gasteiger partial charge is 0.275 e. The predicted molar refractivity (Wildman–Crippen MR) is 80.3 cm³/mol. The van der Waals surface area contributed by atoms with E-state index in [1.165, 1.54) is 11.3 Å². The van der Waals surface area contributed by atoms with Crippen molar-refractivity contribution in [1.82, 2.24) is 25.0 Å². The molecule has 2 N–H and O–H groups in total. The molecule has 0 bridgehead atoms. The number of aromatic nitrogens is 5. The van der Waals surface area contributed by atoms with Crippen LogP contribution < -0.4 is 5.32 Å². The highest BCUT2D eigenvalue weighted by Gasteiger charge is 2.16. The van der Waals surface area contributed by atoms with Gasteiger partial charge in [-0.05, 0) is 13.8 Å². The average Bonchev–Trinajstić information content (AvgIpc) is 3.13. The number of thiazole rings is 1. The molecule has 0 aliphatic heterocycles. The molecule has 0 radical (unpaired) electrons. The second-order valence-electron chi connectivity index (χ2n) is 4.72. The summed E-state index contributed by atoms with van der Waals surface area (Å²) in [5, 5.41) is 16.4.